The molecule has 1 aromatic heterocycles. The molecule has 2 aromatic rings. The first kappa shape index (κ1) is 14.2. The van der Waals surface area contributed by atoms with Gasteiger partial charge in [-0.05, 0) is 37.5 Å². The zero-order valence-electron chi connectivity index (χ0n) is 11.7. The Hall–Kier alpha value is -2.17. The predicted molar refractivity (Wildman–Crippen MR) is 74.9 cm³/mol. The average molecular weight is 275 g/mol. The summed E-state index contributed by atoms with van der Waals surface area (Å²) in [4.78, 5) is 11.8. The molecule has 0 aliphatic carbocycles. The second-order valence-corrected chi connectivity index (χ2v) is 4.78. The van der Waals surface area contributed by atoms with Crippen molar-refractivity contribution in [2.45, 2.75) is 26.7 Å². The molecule has 0 bridgehead atoms. The zero-order valence-corrected chi connectivity index (χ0v) is 11.7. The third-order valence-electron chi connectivity index (χ3n) is 3.29. The van der Waals surface area contributed by atoms with Gasteiger partial charge in [0.1, 0.15) is 5.82 Å². The van der Waals surface area contributed by atoms with E-state index in [1.807, 2.05) is 13.8 Å². The minimum atomic E-state index is -0.343. The molecule has 0 saturated heterocycles. The number of rotatable bonds is 5. The van der Waals surface area contributed by atoms with Crippen LogP contribution in [0.5, 0.6) is 0 Å². The van der Waals surface area contributed by atoms with Crippen molar-refractivity contribution < 1.29 is 9.18 Å². The summed E-state index contributed by atoms with van der Waals surface area (Å²) in [6.07, 6.45) is 0.785. The number of amides is 1. The minimum absolute atomic E-state index is 0.0655. The lowest BCUT2D eigenvalue weighted by Crippen LogP contribution is -2.27. The van der Waals surface area contributed by atoms with Crippen LogP contribution < -0.4 is 5.32 Å². The number of benzene rings is 1. The number of halogens is 1. The highest BCUT2D eigenvalue weighted by Gasteiger charge is 2.09. The Kier molecular flexibility index (Phi) is 4.50. The maximum absolute atomic E-state index is 13.4. The number of carbonyl (C=O) groups is 1. The standard InChI is InChI=1S/C15H18FN3O/c1-10-13(11(2)19-18-10)7-8-17-15(20)9-12-5-3-4-6-14(12)16/h3-6H,7-9H2,1-2H3,(H,17,20)(H,18,19). The first-order valence-electron chi connectivity index (χ1n) is 6.58. The fourth-order valence-electron chi connectivity index (χ4n) is 2.15. The Balaban J connectivity index is 1.83. The third kappa shape index (κ3) is 3.44. The third-order valence-corrected chi connectivity index (χ3v) is 3.29. The van der Waals surface area contributed by atoms with Crippen LogP contribution >= 0.6 is 0 Å². The molecule has 0 aliphatic heterocycles. The second kappa shape index (κ2) is 6.32. The molecule has 5 heteroatoms. The smallest absolute Gasteiger partial charge is 0.224 e. The highest BCUT2D eigenvalue weighted by Crippen LogP contribution is 2.09. The van der Waals surface area contributed by atoms with E-state index in [1.54, 1.807) is 18.2 Å². The van der Waals surface area contributed by atoms with Crippen LogP contribution in [0, 0.1) is 19.7 Å². The number of carbonyl (C=O) groups excluding carboxylic acids is 1. The summed E-state index contributed by atoms with van der Waals surface area (Å²) in [6, 6.07) is 6.32. The van der Waals surface area contributed by atoms with E-state index in [2.05, 4.69) is 15.5 Å². The molecule has 1 aromatic carbocycles. The molecular formula is C15H18FN3O. The number of nitrogens with zero attached hydrogens (tertiary/aromatic N) is 1. The van der Waals surface area contributed by atoms with Crippen molar-refractivity contribution in [3.05, 3.63) is 52.6 Å². The number of aromatic amines is 1. The van der Waals surface area contributed by atoms with Crippen LogP contribution in [0.15, 0.2) is 24.3 Å². The lowest BCUT2D eigenvalue weighted by molar-refractivity contribution is -0.120. The maximum atomic E-state index is 13.4. The van der Waals surface area contributed by atoms with Crippen LogP contribution in [-0.4, -0.2) is 22.6 Å². The minimum Gasteiger partial charge on any atom is -0.355 e. The van der Waals surface area contributed by atoms with E-state index in [4.69, 9.17) is 0 Å². The molecule has 0 spiro atoms. The van der Waals surface area contributed by atoms with Gasteiger partial charge in [-0.3, -0.25) is 9.89 Å². The normalized spacial score (nSPS) is 10.6. The van der Waals surface area contributed by atoms with Gasteiger partial charge in [-0.1, -0.05) is 18.2 Å². The molecule has 0 fully saturated rings. The van der Waals surface area contributed by atoms with Crippen molar-refractivity contribution in [2.24, 2.45) is 0 Å². The van der Waals surface area contributed by atoms with Gasteiger partial charge in [0.2, 0.25) is 5.91 Å². The van der Waals surface area contributed by atoms with Crippen molar-refractivity contribution in [3.8, 4) is 0 Å². The summed E-state index contributed by atoms with van der Waals surface area (Å²) in [5.74, 6) is -0.516. The van der Waals surface area contributed by atoms with Gasteiger partial charge < -0.3 is 5.32 Å². The van der Waals surface area contributed by atoms with Crippen LogP contribution in [0.4, 0.5) is 4.39 Å². The SMILES string of the molecule is Cc1n[nH]c(C)c1CCNC(=O)Cc1ccccc1F. The molecule has 2 rings (SSSR count). The first-order chi connectivity index (χ1) is 9.58. The van der Waals surface area contributed by atoms with Gasteiger partial charge in [0, 0.05) is 12.2 Å². The van der Waals surface area contributed by atoms with E-state index in [-0.39, 0.29) is 18.1 Å². The summed E-state index contributed by atoms with van der Waals surface area (Å²) in [6.45, 7) is 4.41. The molecular weight excluding hydrogens is 257 g/mol. The van der Waals surface area contributed by atoms with Gasteiger partial charge in [-0.25, -0.2) is 4.39 Å². The summed E-state index contributed by atoms with van der Waals surface area (Å²) in [7, 11) is 0. The number of hydrogen-bond acceptors (Lipinski definition) is 2. The molecule has 0 aliphatic rings. The van der Waals surface area contributed by atoms with Crippen LogP contribution in [0.2, 0.25) is 0 Å². The largest absolute Gasteiger partial charge is 0.355 e. The van der Waals surface area contributed by atoms with Gasteiger partial charge in [-0.2, -0.15) is 5.10 Å². The first-order valence-corrected chi connectivity index (χ1v) is 6.58. The van der Waals surface area contributed by atoms with Crippen molar-refractivity contribution in [1.29, 1.82) is 0 Å². The summed E-state index contributed by atoms with van der Waals surface area (Å²) in [5, 5.41) is 9.82. The number of aromatic nitrogens is 2. The van der Waals surface area contributed by atoms with Crippen molar-refractivity contribution in [3.63, 3.8) is 0 Å². The Morgan fingerprint density at radius 3 is 2.75 bits per heavy atom. The Morgan fingerprint density at radius 2 is 2.10 bits per heavy atom. The predicted octanol–water partition coefficient (Wildman–Crippen LogP) is 2.07. The highest BCUT2D eigenvalue weighted by molar-refractivity contribution is 5.78. The molecule has 2 N–H and O–H groups in total. The van der Waals surface area contributed by atoms with Crippen molar-refractivity contribution >= 4 is 5.91 Å². The molecule has 106 valence electrons. The molecule has 0 saturated carbocycles. The van der Waals surface area contributed by atoms with E-state index < -0.39 is 0 Å². The summed E-state index contributed by atoms with van der Waals surface area (Å²) >= 11 is 0. The lowest BCUT2D eigenvalue weighted by Gasteiger charge is -2.06. The van der Waals surface area contributed by atoms with E-state index in [0.717, 1.165) is 23.4 Å². The quantitative estimate of drug-likeness (QED) is 0.877. The molecule has 0 atom stereocenters. The number of nitrogens with one attached hydrogen (secondary N) is 2. The topological polar surface area (TPSA) is 57.8 Å². The van der Waals surface area contributed by atoms with Gasteiger partial charge in [0.05, 0.1) is 12.1 Å². The van der Waals surface area contributed by atoms with E-state index >= 15 is 0 Å². The van der Waals surface area contributed by atoms with Crippen LogP contribution in [0.3, 0.4) is 0 Å². The fourth-order valence-corrected chi connectivity index (χ4v) is 2.15. The van der Waals surface area contributed by atoms with Crippen LogP contribution in [-0.2, 0) is 17.6 Å². The van der Waals surface area contributed by atoms with Gasteiger partial charge in [0.15, 0.2) is 0 Å². The second-order valence-electron chi connectivity index (χ2n) is 4.78. The molecule has 1 amide bonds. The average Bonchev–Trinajstić information content (AvgIpc) is 2.73. The van der Waals surface area contributed by atoms with E-state index in [0.29, 0.717) is 12.1 Å². The zero-order chi connectivity index (χ0) is 14.5. The lowest BCUT2D eigenvalue weighted by atomic mass is 10.1. The fraction of sp³-hybridized carbons (Fsp3) is 0.333. The van der Waals surface area contributed by atoms with Crippen LogP contribution in [0.1, 0.15) is 22.5 Å². The summed E-state index contributed by atoms with van der Waals surface area (Å²) < 4.78 is 13.4. The van der Waals surface area contributed by atoms with Gasteiger partial charge in [-0.15, -0.1) is 0 Å². The monoisotopic (exact) mass is 275 g/mol. The van der Waals surface area contributed by atoms with Gasteiger partial charge >= 0.3 is 0 Å². The Bertz CT molecular complexity index is 587. The Labute approximate surface area is 117 Å². The molecule has 0 radical (unpaired) electrons. The highest BCUT2D eigenvalue weighted by atomic mass is 19.1. The molecule has 1 heterocycles. The summed E-state index contributed by atoms with van der Waals surface area (Å²) in [5.41, 5.74) is 3.51. The number of hydrogen-bond donors (Lipinski definition) is 2. The maximum Gasteiger partial charge on any atom is 0.224 e. The molecule has 20 heavy (non-hydrogen) atoms. The van der Waals surface area contributed by atoms with Gasteiger partial charge in [0.25, 0.3) is 0 Å². The Morgan fingerprint density at radius 1 is 1.35 bits per heavy atom. The van der Waals surface area contributed by atoms with Crippen molar-refractivity contribution in [2.75, 3.05) is 6.54 Å². The number of aryl methyl sites for hydroxylation is 2. The molecule has 4 nitrogen and oxygen atoms in total. The number of H-pyrrole nitrogens is 1. The van der Waals surface area contributed by atoms with Crippen LogP contribution in [0.25, 0.3) is 0 Å². The molecule has 0 unspecified atom stereocenters. The van der Waals surface area contributed by atoms with E-state index in [9.17, 15) is 9.18 Å². The van der Waals surface area contributed by atoms with E-state index in [1.165, 1.54) is 6.07 Å². The van der Waals surface area contributed by atoms with Crippen molar-refractivity contribution in [1.82, 2.24) is 15.5 Å².